The normalized spacial score (nSPS) is 13.8. The Kier molecular flexibility index (Phi) is 26.2. The van der Waals surface area contributed by atoms with Crippen molar-refractivity contribution in [2.24, 2.45) is 5.73 Å². The van der Waals surface area contributed by atoms with Crippen LogP contribution < -0.4 is 43.0 Å². The lowest BCUT2D eigenvalue weighted by molar-refractivity contribution is -0.144. The second-order valence-corrected chi connectivity index (χ2v) is 14.7. The number of amides is 5. The number of nitrogens with two attached hydrogens (primary N) is 1. The SMILES string of the molecule is CCN[C@H](C)CCC(=O)N[C@@H](CC(=O)O)C(=O)N[C@@H](CCCNC(=N)N)C(=O)N[C@@H](CC(=O)O)C(=O)N[C@@H](CC(=O)O)C(=O)N[C@@H](CSSCCOC=O)C(=O)O. The van der Waals surface area contributed by atoms with E-state index in [0.717, 1.165) is 21.6 Å². The molecule has 322 valence electrons. The zero-order valence-corrected chi connectivity index (χ0v) is 32.8. The van der Waals surface area contributed by atoms with Crippen LogP contribution in [0.4, 0.5) is 0 Å². The predicted octanol–water partition coefficient (Wildman–Crippen LogP) is -3.49. The first-order valence-electron chi connectivity index (χ1n) is 17.3. The van der Waals surface area contributed by atoms with Gasteiger partial charge in [-0.05, 0) is 32.7 Å². The van der Waals surface area contributed by atoms with Gasteiger partial charge in [0.25, 0.3) is 6.47 Å². The van der Waals surface area contributed by atoms with Crippen LogP contribution in [0.2, 0.25) is 0 Å². The molecule has 57 heavy (non-hydrogen) atoms. The molecule has 0 aliphatic rings. The minimum atomic E-state index is -2.02. The number of carboxylic acid groups (broad SMARTS) is 4. The van der Waals surface area contributed by atoms with Crippen molar-refractivity contribution in [2.45, 2.75) is 95.0 Å². The molecule has 0 radical (unpaired) electrons. The molecule has 0 aliphatic carbocycles. The van der Waals surface area contributed by atoms with E-state index in [0.29, 0.717) is 13.0 Å². The van der Waals surface area contributed by atoms with Gasteiger partial charge in [-0.1, -0.05) is 28.5 Å². The molecule has 0 aromatic carbocycles. The van der Waals surface area contributed by atoms with Gasteiger partial charge in [-0.25, -0.2) is 4.79 Å². The van der Waals surface area contributed by atoms with Crippen LogP contribution in [-0.4, -0.2) is 154 Å². The van der Waals surface area contributed by atoms with E-state index in [-0.39, 0.29) is 56.4 Å². The van der Waals surface area contributed by atoms with E-state index in [4.69, 9.17) is 11.1 Å². The van der Waals surface area contributed by atoms with E-state index in [1.54, 1.807) is 0 Å². The highest BCUT2D eigenvalue weighted by Crippen LogP contribution is 2.21. The first-order valence-corrected chi connectivity index (χ1v) is 19.8. The van der Waals surface area contributed by atoms with E-state index < -0.39 is 109 Å². The number of nitrogens with one attached hydrogen (secondary N) is 8. The van der Waals surface area contributed by atoms with Crippen LogP contribution in [0.5, 0.6) is 0 Å². The average molecular weight is 854 g/mol. The third kappa shape index (κ3) is 24.7. The summed E-state index contributed by atoms with van der Waals surface area (Å²) in [6.07, 6.45) is -3.12. The molecule has 0 heterocycles. The fourth-order valence-electron chi connectivity index (χ4n) is 4.58. The molecule has 0 saturated carbocycles. The minimum absolute atomic E-state index is 0.0115. The fraction of sp³-hybridized carbons (Fsp3) is 0.645. The number of hydrogen-bond acceptors (Lipinski definition) is 15. The van der Waals surface area contributed by atoms with Crippen molar-refractivity contribution in [3.8, 4) is 0 Å². The van der Waals surface area contributed by atoms with Crippen molar-refractivity contribution >= 4 is 87.4 Å². The molecule has 5 amide bonds. The van der Waals surface area contributed by atoms with Crippen LogP contribution in [0.3, 0.4) is 0 Å². The number of hydrogen-bond donors (Lipinski definition) is 13. The summed E-state index contributed by atoms with van der Waals surface area (Å²) in [7, 11) is 2.07. The zero-order valence-electron chi connectivity index (χ0n) is 31.2. The van der Waals surface area contributed by atoms with Crippen LogP contribution >= 0.6 is 21.6 Å². The zero-order chi connectivity index (χ0) is 43.5. The monoisotopic (exact) mass is 853 g/mol. The van der Waals surface area contributed by atoms with E-state index in [9.17, 15) is 68.4 Å². The summed E-state index contributed by atoms with van der Waals surface area (Å²) < 4.78 is 4.51. The van der Waals surface area contributed by atoms with Crippen molar-refractivity contribution in [3.05, 3.63) is 0 Å². The Hall–Kier alpha value is -5.37. The summed E-state index contributed by atoms with van der Waals surface area (Å²) in [5.74, 6) is -12.3. The molecule has 0 fully saturated rings. The maximum Gasteiger partial charge on any atom is 0.327 e. The van der Waals surface area contributed by atoms with E-state index in [1.165, 1.54) is 0 Å². The molecule has 0 spiro atoms. The first kappa shape index (κ1) is 51.6. The van der Waals surface area contributed by atoms with Crippen molar-refractivity contribution in [3.63, 3.8) is 0 Å². The van der Waals surface area contributed by atoms with Crippen LogP contribution in [0.15, 0.2) is 0 Å². The van der Waals surface area contributed by atoms with E-state index in [1.807, 2.05) is 19.2 Å². The quantitative estimate of drug-likeness (QED) is 0.0103. The van der Waals surface area contributed by atoms with Gasteiger partial charge in [-0.15, -0.1) is 0 Å². The number of aliphatic carboxylic acids is 4. The molecular formula is C31H51N9O15S2. The Morgan fingerprint density at radius 1 is 0.719 bits per heavy atom. The van der Waals surface area contributed by atoms with Crippen LogP contribution in [0.25, 0.3) is 0 Å². The molecule has 0 rings (SSSR count). The van der Waals surface area contributed by atoms with Gasteiger partial charge in [0.2, 0.25) is 29.5 Å². The average Bonchev–Trinajstić information content (AvgIpc) is 3.11. The molecule has 6 atom stereocenters. The molecule has 0 bridgehead atoms. The molecule has 0 unspecified atom stereocenters. The van der Waals surface area contributed by atoms with Crippen molar-refractivity contribution < 1.29 is 73.1 Å². The molecule has 26 heteroatoms. The van der Waals surface area contributed by atoms with Crippen LogP contribution in [0, 0.1) is 5.41 Å². The molecule has 0 aliphatic heterocycles. The summed E-state index contributed by atoms with van der Waals surface area (Å²) in [6.45, 7) is 4.54. The van der Waals surface area contributed by atoms with Gasteiger partial charge in [0.15, 0.2) is 5.96 Å². The lowest BCUT2D eigenvalue weighted by atomic mass is 10.1. The summed E-state index contributed by atoms with van der Waals surface area (Å²) in [6, 6.07) is -8.95. The minimum Gasteiger partial charge on any atom is -0.481 e. The highest BCUT2D eigenvalue weighted by molar-refractivity contribution is 8.76. The highest BCUT2D eigenvalue weighted by atomic mass is 33.1. The predicted molar refractivity (Wildman–Crippen MR) is 203 cm³/mol. The lowest BCUT2D eigenvalue weighted by Crippen LogP contribution is -2.59. The summed E-state index contributed by atoms with van der Waals surface area (Å²) in [5, 5.41) is 61.6. The largest absolute Gasteiger partial charge is 0.481 e. The first-order chi connectivity index (χ1) is 26.8. The molecule has 0 saturated heterocycles. The molecule has 0 aromatic rings. The molecule has 24 nitrogen and oxygen atoms in total. The third-order valence-corrected chi connectivity index (χ3v) is 9.69. The maximum atomic E-state index is 13.5. The number of carbonyl (C=O) groups is 10. The summed E-state index contributed by atoms with van der Waals surface area (Å²) >= 11 is 0. The maximum absolute atomic E-state index is 13.5. The number of ether oxygens (including phenoxy) is 1. The highest BCUT2D eigenvalue weighted by Gasteiger charge is 2.34. The van der Waals surface area contributed by atoms with Gasteiger partial charge < -0.3 is 68.1 Å². The Morgan fingerprint density at radius 3 is 1.65 bits per heavy atom. The van der Waals surface area contributed by atoms with Crippen LogP contribution in [-0.2, 0) is 52.7 Å². The molecule has 14 N–H and O–H groups in total. The topological polar surface area (TPSA) is 395 Å². The molecular weight excluding hydrogens is 803 g/mol. The summed E-state index contributed by atoms with van der Waals surface area (Å²) in [4.78, 5) is 123. The summed E-state index contributed by atoms with van der Waals surface area (Å²) in [5.41, 5.74) is 5.28. The van der Waals surface area contributed by atoms with Crippen molar-refractivity contribution in [2.75, 3.05) is 31.2 Å². The van der Waals surface area contributed by atoms with Gasteiger partial charge in [0, 0.05) is 30.5 Å². The van der Waals surface area contributed by atoms with Gasteiger partial charge >= 0.3 is 23.9 Å². The lowest BCUT2D eigenvalue weighted by Gasteiger charge is -2.26. The van der Waals surface area contributed by atoms with Crippen LogP contribution in [0.1, 0.15) is 58.8 Å². The van der Waals surface area contributed by atoms with Gasteiger partial charge in [-0.2, -0.15) is 0 Å². The van der Waals surface area contributed by atoms with E-state index in [2.05, 4.69) is 36.6 Å². The number of rotatable bonds is 32. The Bertz CT molecular complexity index is 1430. The Balaban J connectivity index is 6.18. The van der Waals surface area contributed by atoms with Gasteiger partial charge in [0.05, 0.1) is 19.3 Å². The van der Waals surface area contributed by atoms with Gasteiger partial charge in [-0.3, -0.25) is 48.6 Å². The molecule has 0 aromatic heterocycles. The van der Waals surface area contributed by atoms with Gasteiger partial charge in [0.1, 0.15) is 36.8 Å². The Morgan fingerprint density at radius 2 is 1.19 bits per heavy atom. The number of carboxylic acids is 4. The number of carbonyl (C=O) groups excluding carboxylic acids is 6. The second kappa shape index (κ2) is 29.0. The fourth-order valence-corrected chi connectivity index (χ4v) is 6.58. The van der Waals surface area contributed by atoms with E-state index >= 15 is 0 Å². The van der Waals surface area contributed by atoms with Crippen molar-refractivity contribution in [1.82, 2.24) is 37.2 Å². The Labute approximate surface area is 334 Å². The third-order valence-electron chi connectivity index (χ3n) is 7.31. The van der Waals surface area contributed by atoms with Crippen molar-refractivity contribution in [1.29, 1.82) is 5.41 Å². The smallest absolute Gasteiger partial charge is 0.327 e. The second-order valence-electron chi connectivity index (χ2n) is 12.1. The number of guanidine groups is 1. The standard InChI is InChI=1S/C31H51N9O15S2/c1-3-34-16(2)6-7-22(42)36-18(11-23(43)44)27(50)37-17(5-4-8-35-31(32)33)26(49)38-19(12-24(45)46)28(51)39-20(13-25(47)48)29(52)40-21(30(53)54)14-57-56-10-9-55-15-41/h15-21,34H,3-14H2,1-2H3,(H,36,42)(H,37,50)(H,38,49)(H,39,51)(H,40,52)(H,43,44)(H,45,46)(H,47,48)(H,53,54)(H4,32,33,35)/t16-,17+,18+,19+,20+,21+/m1/s1.